The molecule has 1 saturated carbocycles. The molecule has 1 N–H and O–H groups in total. The van der Waals surface area contributed by atoms with Crippen LogP contribution in [0.25, 0.3) is 0 Å². The summed E-state index contributed by atoms with van der Waals surface area (Å²) >= 11 is 0. The fraction of sp³-hybridized carbons (Fsp3) is 0.588. The molecule has 1 aromatic rings. The number of rotatable bonds is 5. The van der Waals surface area contributed by atoms with Crippen molar-refractivity contribution in [2.45, 2.75) is 56.6 Å². The predicted molar refractivity (Wildman–Crippen MR) is 88.0 cm³/mol. The van der Waals surface area contributed by atoms with Gasteiger partial charge in [-0.05, 0) is 43.4 Å². The highest BCUT2D eigenvalue weighted by atomic mass is 32.2. The normalized spacial score (nSPS) is 23.3. The minimum absolute atomic E-state index is 0.0553. The Morgan fingerprint density at radius 2 is 1.87 bits per heavy atom. The molecule has 0 unspecified atom stereocenters. The Hall–Kier alpha value is -1.43. The van der Waals surface area contributed by atoms with Crippen molar-refractivity contribution in [3.63, 3.8) is 0 Å². The second-order valence-corrected chi connectivity index (χ2v) is 8.77. The number of benzene rings is 1. The summed E-state index contributed by atoms with van der Waals surface area (Å²) in [6, 6.07) is 5.36. The van der Waals surface area contributed by atoms with E-state index in [9.17, 15) is 17.6 Å². The minimum atomic E-state index is -3.63. The molecule has 23 heavy (non-hydrogen) atoms. The van der Waals surface area contributed by atoms with Crippen molar-refractivity contribution < 1.29 is 17.6 Å². The van der Waals surface area contributed by atoms with Crippen molar-refractivity contribution >= 4 is 15.7 Å². The Balaban J connectivity index is 2.00. The molecular weight excluding hydrogens is 317 g/mol. The lowest BCUT2D eigenvalue weighted by Gasteiger charge is -2.30. The molecule has 0 aromatic heterocycles. The van der Waals surface area contributed by atoms with Crippen molar-refractivity contribution in [1.29, 1.82) is 0 Å². The highest BCUT2D eigenvalue weighted by Gasteiger charge is 2.31. The first kappa shape index (κ1) is 17.9. The number of halogens is 1. The van der Waals surface area contributed by atoms with Gasteiger partial charge in [0, 0.05) is 6.04 Å². The molecule has 1 aliphatic rings. The van der Waals surface area contributed by atoms with Crippen molar-refractivity contribution in [3.8, 4) is 0 Å². The molecule has 1 aliphatic carbocycles. The lowest BCUT2D eigenvalue weighted by molar-refractivity contribution is -0.121. The van der Waals surface area contributed by atoms with Gasteiger partial charge in [0.1, 0.15) is 11.1 Å². The van der Waals surface area contributed by atoms with Gasteiger partial charge in [-0.1, -0.05) is 31.9 Å². The average Bonchev–Trinajstić information content (AvgIpc) is 2.51. The topological polar surface area (TPSA) is 63.2 Å². The van der Waals surface area contributed by atoms with Gasteiger partial charge in [0.15, 0.2) is 9.84 Å². The molecular formula is C17H24FNO3S. The number of sulfone groups is 1. The summed E-state index contributed by atoms with van der Waals surface area (Å²) in [6.07, 6.45) is 4.18. The zero-order valence-corrected chi connectivity index (χ0v) is 14.4. The number of amides is 1. The molecule has 2 rings (SSSR count). The standard InChI is InChI=1S/C17H24FNO3S/c1-12-5-3-4-6-16(12)19-17(20)13(2)23(21,22)11-14-7-9-15(18)10-8-14/h7-10,12-13,16H,3-6,11H2,1-2H3,(H,19,20)/t12-,13+,16-/m1/s1. The zero-order valence-electron chi connectivity index (χ0n) is 13.6. The molecule has 0 saturated heterocycles. The van der Waals surface area contributed by atoms with E-state index in [0.717, 1.165) is 25.7 Å². The Morgan fingerprint density at radius 3 is 2.48 bits per heavy atom. The van der Waals surface area contributed by atoms with Crippen molar-refractivity contribution in [2.75, 3.05) is 0 Å². The quantitative estimate of drug-likeness (QED) is 0.896. The van der Waals surface area contributed by atoms with Crippen molar-refractivity contribution in [2.24, 2.45) is 5.92 Å². The van der Waals surface area contributed by atoms with Crippen LogP contribution in [0.15, 0.2) is 24.3 Å². The summed E-state index contributed by atoms with van der Waals surface area (Å²) in [7, 11) is -3.63. The maximum atomic E-state index is 12.9. The third-order valence-corrected chi connectivity index (χ3v) is 6.66. The largest absolute Gasteiger partial charge is 0.352 e. The molecule has 0 bridgehead atoms. The van der Waals surface area contributed by atoms with Crippen molar-refractivity contribution in [1.82, 2.24) is 5.32 Å². The Labute approximate surface area is 137 Å². The first-order chi connectivity index (χ1) is 10.8. The van der Waals surface area contributed by atoms with E-state index in [1.165, 1.54) is 31.2 Å². The molecule has 1 amide bonds. The Morgan fingerprint density at radius 1 is 1.26 bits per heavy atom. The molecule has 3 atom stereocenters. The van der Waals surface area contributed by atoms with Crippen LogP contribution in [-0.2, 0) is 20.4 Å². The van der Waals surface area contributed by atoms with Gasteiger partial charge in [0.05, 0.1) is 5.75 Å². The third kappa shape index (κ3) is 4.77. The van der Waals surface area contributed by atoms with Gasteiger partial charge in [-0.15, -0.1) is 0 Å². The molecule has 128 valence electrons. The zero-order chi connectivity index (χ0) is 17.0. The van der Waals surface area contributed by atoms with E-state index < -0.39 is 26.8 Å². The van der Waals surface area contributed by atoms with Gasteiger partial charge in [-0.25, -0.2) is 12.8 Å². The van der Waals surface area contributed by atoms with Crippen LogP contribution >= 0.6 is 0 Å². The second kappa shape index (κ2) is 7.43. The summed E-state index contributed by atoms with van der Waals surface area (Å²) < 4.78 is 37.7. The maximum Gasteiger partial charge on any atom is 0.238 e. The van der Waals surface area contributed by atoms with Crippen LogP contribution in [0.1, 0.15) is 45.1 Å². The van der Waals surface area contributed by atoms with Gasteiger partial charge >= 0.3 is 0 Å². The fourth-order valence-corrected chi connectivity index (χ4v) is 4.23. The molecule has 0 radical (unpaired) electrons. The van der Waals surface area contributed by atoms with E-state index in [-0.39, 0.29) is 11.8 Å². The van der Waals surface area contributed by atoms with E-state index in [1.807, 2.05) is 0 Å². The van der Waals surface area contributed by atoms with Crippen LogP contribution in [0.5, 0.6) is 0 Å². The van der Waals surface area contributed by atoms with Crippen LogP contribution in [0.2, 0.25) is 0 Å². The number of carbonyl (C=O) groups is 1. The molecule has 0 heterocycles. The van der Waals surface area contributed by atoms with E-state index in [4.69, 9.17) is 0 Å². The molecule has 6 heteroatoms. The predicted octanol–water partition coefficient (Wildman–Crippen LogP) is 2.82. The van der Waals surface area contributed by atoms with Crippen molar-refractivity contribution in [3.05, 3.63) is 35.6 Å². The second-order valence-electron chi connectivity index (χ2n) is 6.45. The van der Waals surface area contributed by atoms with E-state index in [0.29, 0.717) is 11.5 Å². The van der Waals surface area contributed by atoms with Crippen LogP contribution < -0.4 is 5.32 Å². The lowest BCUT2D eigenvalue weighted by atomic mass is 9.86. The first-order valence-corrected chi connectivity index (χ1v) is 9.77. The van der Waals surface area contributed by atoms with Crippen LogP contribution in [-0.4, -0.2) is 25.6 Å². The van der Waals surface area contributed by atoms with E-state index >= 15 is 0 Å². The van der Waals surface area contributed by atoms with E-state index in [2.05, 4.69) is 12.2 Å². The summed E-state index contributed by atoms with van der Waals surface area (Å²) in [6.45, 7) is 3.50. The first-order valence-electron chi connectivity index (χ1n) is 8.06. The number of hydrogen-bond acceptors (Lipinski definition) is 3. The minimum Gasteiger partial charge on any atom is -0.352 e. The molecule has 0 spiro atoms. The van der Waals surface area contributed by atoms with Gasteiger partial charge in [-0.2, -0.15) is 0 Å². The van der Waals surface area contributed by atoms with Gasteiger partial charge in [0.2, 0.25) is 5.91 Å². The van der Waals surface area contributed by atoms with E-state index in [1.54, 1.807) is 0 Å². The van der Waals surface area contributed by atoms with Crippen LogP contribution in [0, 0.1) is 11.7 Å². The SMILES string of the molecule is C[C@@H]1CCCC[C@H]1NC(=O)[C@H](C)S(=O)(=O)Cc1ccc(F)cc1. The average molecular weight is 341 g/mol. The Kier molecular flexibility index (Phi) is 5.79. The number of nitrogens with one attached hydrogen (secondary N) is 1. The Bertz CT molecular complexity index is 642. The smallest absolute Gasteiger partial charge is 0.238 e. The summed E-state index contributed by atoms with van der Waals surface area (Å²) in [5, 5.41) is 1.78. The lowest BCUT2D eigenvalue weighted by Crippen LogP contribution is -2.47. The van der Waals surface area contributed by atoms with Gasteiger partial charge in [0.25, 0.3) is 0 Å². The summed E-state index contributed by atoms with van der Waals surface area (Å²) in [5.41, 5.74) is 0.483. The number of hydrogen-bond donors (Lipinski definition) is 1. The third-order valence-electron chi connectivity index (χ3n) is 4.63. The summed E-state index contributed by atoms with van der Waals surface area (Å²) in [4.78, 5) is 12.3. The number of carbonyl (C=O) groups excluding carboxylic acids is 1. The molecule has 4 nitrogen and oxygen atoms in total. The molecule has 1 fully saturated rings. The summed E-state index contributed by atoms with van der Waals surface area (Å²) in [5.74, 6) is -0.740. The highest BCUT2D eigenvalue weighted by molar-refractivity contribution is 7.92. The van der Waals surface area contributed by atoms with Gasteiger partial charge < -0.3 is 5.32 Å². The molecule has 0 aliphatic heterocycles. The monoisotopic (exact) mass is 341 g/mol. The maximum absolute atomic E-state index is 12.9. The van der Waals surface area contributed by atoms with Gasteiger partial charge in [-0.3, -0.25) is 4.79 Å². The van der Waals surface area contributed by atoms with Crippen LogP contribution in [0.3, 0.4) is 0 Å². The fourth-order valence-electron chi connectivity index (χ4n) is 2.93. The van der Waals surface area contributed by atoms with Crippen LogP contribution in [0.4, 0.5) is 4.39 Å². The molecule has 1 aromatic carbocycles. The highest BCUT2D eigenvalue weighted by Crippen LogP contribution is 2.24.